The number of ether oxygens (including phenoxy) is 1. The lowest BCUT2D eigenvalue weighted by Crippen LogP contribution is -1.87. The van der Waals surface area contributed by atoms with Gasteiger partial charge in [-0.1, -0.05) is 11.6 Å². The van der Waals surface area contributed by atoms with Crippen LogP contribution in [0.1, 0.15) is 21.6 Å². The van der Waals surface area contributed by atoms with Crippen LogP contribution in [0, 0.1) is 13.8 Å². The lowest BCUT2D eigenvalue weighted by molar-refractivity contribution is 0.111. The number of carbonyl (C=O) groups is 1. The standard InChI is InChI=1S/C12H12ClNO2/c1-6-8(13)4-10(16-3)12-11(6)7(2)9(5-15)14-12/h4-5,14H,1-3H3. The van der Waals surface area contributed by atoms with Crippen molar-refractivity contribution in [2.75, 3.05) is 7.11 Å². The third-order valence-electron chi connectivity index (χ3n) is 2.86. The van der Waals surface area contributed by atoms with Gasteiger partial charge in [0.1, 0.15) is 5.75 Å². The van der Waals surface area contributed by atoms with Gasteiger partial charge in [0.2, 0.25) is 0 Å². The van der Waals surface area contributed by atoms with Gasteiger partial charge in [0.15, 0.2) is 6.29 Å². The first-order valence-corrected chi connectivity index (χ1v) is 5.28. The van der Waals surface area contributed by atoms with Gasteiger partial charge in [0.05, 0.1) is 18.3 Å². The predicted octanol–water partition coefficient (Wildman–Crippen LogP) is 3.26. The molecule has 2 rings (SSSR count). The lowest BCUT2D eigenvalue weighted by Gasteiger charge is -2.06. The van der Waals surface area contributed by atoms with Crippen LogP contribution in [-0.4, -0.2) is 18.4 Å². The van der Waals surface area contributed by atoms with Crippen molar-refractivity contribution >= 4 is 28.8 Å². The Hall–Kier alpha value is -1.48. The van der Waals surface area contributed by atoms with Crippen LogP contribution in [0.15, 0.2) is 6.07 Å². The highest BCUT2D eigenvalue weighted by molar-refractivity contribution is 6.32. The fourth-order valence-electron chi connectivity index (χ4n) is 1.96. The molecule has 0 aliphatic carbocycles. The molecule has 4 heteroatoms. The van der Waals surface area contributed by atoms with Gasteiger partial charge < -0.3 is 9.72 Å². The zero-order valence-electron chi connectivity index (χ0n) is 9.35. The van der Waals surface area contributed by atoms with Gasteiger partial charge in [0.25, 0.3) is 0 Å². The molecule has 1 N–H and O–H groups in total. The summed E-state index contributed by atoms with van der Waals surface area (Å²) in [6, 6.07) is 1.75. The van der Waals surface area contributed by atoms with Crippen molar-refractivity contribution in [3.63, 3.8) is 0 Å². The maximum absolute atomic E-state index is 10.9. The van der Waals surface area contributed by atoms with E-state index in [-0.39, 0.29) is 0 Å². The molecular formula is C12H12ClNO2. The SMILES string of the molecule is COc1cc(Cl)c(C)c2c(C)c(C=O)[nH]c12. The van der Waals surface area contributed by atoms with Crippen molar-refractivity contribution in [1.29, 1.82) is 0 Å². The normalized spacial score (nSPS) is 10.8. The molecule has 1 heterocycles. The fraction of sp³-hybridized carbons (Fsp3) is 0.250. The molecule has 1 aromatic carbocycles. The summed E-state index contributed by atoms with van der Waals surface area (Å²) in [6.45, 7) is 3.82. The molecule has 84 valence electrons. The number of hydrogen-bond acceptors (Lipinski definition) is 2. The number of benzene rings is 1. The summed E-state index contributed by atoms with van der Waals surface area (Å²) < 4.78 is 5.24. The smallest absolute Gasteiger partial charge is 0.166 e. The Morgan fingerprint density at radius 2 is 2.06 bits per heavy atom. The lowest BCUT2D eigenvalue weighted by atomic mass is 10.1. The summed E-state index contributed by atoms with van der Waals surface area (Å²) in [6.07, 6.45) is 0.808. The van der Waals surface area contributed by atoms with Crippen molar-refractivity contribution in [2.24, 2.45) is 0 Å². The van der Waals surface area contributed by atoms with E-state index < -0.39 is 0 Å². The summed E-state index contributed by atoms with van der Waals surface area (Å²) in [7, 11) is 1.58. The molecule has 0 amide bonds. The highest BCUT2D eigenvalue weighted by Crippen LogP contribution is 2.36. The Morgan fingerprint density at radius 1 is 1.38 bits per heavy atom. The number of fused-ring (bicyclic) bond motifs is 1. The Bertz CT molecular complexity index is 572. The Labute approximate surface area is 98.4 Å². The molecule has 3 nitrogen and oxygen atoms in total. The van der Waals surface area contributed by atoms with Gasteiger partial charge in [-0.15, -0.1) is 0 Å². The number of nitrogens with one attached hydrogen (secondary N) is 1. The average molecular weight is 238 g/mol. The Kier molecular flexibility index (Phi) is 2.64. The molecule has 0 radical (unpaired) electrons. The summed E-state index contributed by atoms with van der Waals surface area (Å²) >= 11 is 6.11. The molecule has 0 atom stereocenters. The number of aromatic amines is 1. The predicted molar refractivity (Wildman–Crippen MR) is 64.7 cm³/mol. The number of halogens is 1. The van der Waals surface area contributed by atoms with Gasteiger partial charge in [-0.25, -0.2) is 0 Å². The monoisotopic (exact) mass is 237 g/mol. The van der Waals surface area contributed by atoms with Crippen molar-refractivity contribution in [1.82, 2.24) is 4.98 Å². The zero-order valence-corrected chi connectivity index (χ0v) is 10.1. The number of aldehydes is 1. The summed E-state index contributed by atoms with van der Waals surface area (Å²) in [5.41, 5.74) is 3.25. The molecule has 0 aliphatic rings. The molecule has 2 aromatic rings. The van der Waals surface area contributed by atoms with Crippen molar-refractivity contribution < 1.29 is 9.53 Å². The van der Waals surface area contributed by atoms with E-state index in [1.807, 2.05) is 13.8 Å². The van der Waals surface area contributed by atoms with Gasteiger partial charge in [0, 0.05) is 16.5 Å². The number of aryl methyl sites for hydroxylation is 2. The number of aromatic nitrogens is 1. The maximum Gasteiger partial charge on any atom is 0.166 e. The first kappa shape index (κ1) is 11.0. The Balaban J connectivity index is 2.96. The second kappa shape index (κ2) is 3.83. The van der Waals surface area contributed by atoms with Crippen LogP contribution in [0.3, 0.4) is 0 Å². The van der Waals surface area contributed by atoms with Gasteiger partial charge >= 0.3 is 0 Å². The van der Waals surface area contributed by atoms with E-state index in [1.54, 1.807) is 13.2 Å². The van der Waals surface area contributed by atoms with Gasteiger partial charge in [-0.3, -0.25) is 4.79 Å². The van der Waals surface area contributed by atoms with Gasteiger partial charge in [-0.2, -0.15) is 0 Å². The van der Waals surface area contributed by atoms with Crippen LogP contribution < -0.4 is 4.74 Å². The number of methoxy groups -OCH3 is 1. The molecule has 0 saturated heterocycles. The first-order valence-electron chi connectivity index (χ1n) is 4.90. The minimum absolute atomic E-state index is 0.568. The maximum atomic E-state index is 10.9. The number of rotatable bonds is 2. The molecule has 1 aromatic heterocycles. The second-order valence-corrected chi connectivity index (χ2v) is 4.12. The van der Waals surface area contributed by atoms with Crippen LogP contribution in [0.25, 0.3) is 10.9 Å². The zero-order chi connectivity index (χ0) is 11.9. The van der Waals surface area contributed by atoms with Crippen molar-refractivity contribution in [2.45, 2.75) is 13.8 Å². The number of hydrogen-bond donors (Lipinski definition) is 1. The van der Waals surface area contributed by atoms with Crippen LogP contribution in [-0.2, 0) is 0 Å². The van der Waals surface area contributed by atoms with E-state index >= 15 is 0 Å². The van der Waals surface area contributed by atoms with Crippen LogP contribution >= 0.6 is 11.6 Å². The fourth-order valence-corrected chi connectivity index (χ4v) is 2.15. The minimum atomic E-state index is 0.568. The third-order valence-corrected chi connectivity index (χ3v) is 3.26. The summed E-state index contributed by atoms with van der Waals surface area (Å²) in [4.78, 5) is 13.9. The average Bonchev–Trinajstić information content (AvgIpc) is 2.61. The van der Waals surface area contributed by atoms with E-state index in [0.29, 0.717) is 16.5 Å². The summed E-state index contributed by atoms with van der Waals surface area (Å²) in [5, 5.41) is 1.61. The van der Waals surface area contributed by atoms with E-state index in [2.05, 4.69) is 4.98 Å². The first-order chi connectivity index (χ1) is 7.60. The molecule has 16 heavy (non-hydrogen) atoms. The summed E-state index contributed by atoms with van der Waals surface area (Å²) in [5.74, 6) is 0.654. The van der Waals surface area contributed by atoms with E-state index in [1.165, 1.54) is 0 Å². The largest absolute Gasteiger partial charge is 0.495 e. The van der Waals surface area contributed by atoms with E-state index in [0.717, 1.165) is 28.3 Å². The van der Waals surface area contributed by atoms with Crippen molar-refractivity contribution in [3.05, 3.63) is 27.9 Å². The molecule has 0 fully saturated rings. The van der Waals surface area contributed by atoms with Crippen LogP contribution in [0.5, 0.6) is 5.75 Å². The molecule has 0 bridgehead atoms. The van der Waals surface area contributed by atoms with Crippen molar-refractivity contribution in [3.8, 4) is 5.75 Å². The highest BCUT2D eigenvalue weighted by atomic mass is 35.5. The minimum Gasteiger partial charge on any atom is -0.495 e. The number of H-pyrrole nitrogens is 1. The number of carbonyl (C=O) groups excluding carboxylic acids is 1. The van der Waals surface area contributed by atoms with Crippen LogP contribution in [0.4, 0.5) is 0 Å². The topological polar surface area (TPSA) is 42.1 Å². The van der Waals surface area contributed by atoms with Gasteiger partial charge in [-0.05, 0) is 25.0 Å². The molecule has 0 unspecified atom stereocenters. The molecule has 0 saturated carbocycles. The second-order valence-electron chi connectivity index (χ2n) is 3.72. The van der Waals surface area contributed by atoms with Crippen LogP contribution in [0.2, 0.25) is 5.02 Å². The molecule has 0 aliphatic heterocycles. The van der Waals surface area contributed by atoms with E-state index in [4.69, 9.17) is 16.3 Å². The quantitative estimate of drug-likeness (QED) is 0.815. The molecular weight excluding hydrogens is 226 g/mol. The third kappa shape index (κ3) is 1.39. The van der Waals surface area contributed by atoms with E-state index in [9.17, 15) is 4.79 Å². The molecule has 0 spiro atoms. The highest BCUT2D eigenvalue weighted by Gasteiger charge is 2.15. The Morgan fingerprint density at radius 3 is 2.62 bits per heavy atom.